The highest BCUT2D eigenvalue weighted by molar-refractivity contribution is 5.96. The Bertz CT molecular complexity index is 3570. The van der Waals surface area contributed by atoms with Gasteiger partial charge in [0.25, 0.3) is 0 Å². The topological polar surface area (TPSA) is 231 Å². The van der Waals surface area contributed by atoms with Crippen LogP contribution in [0.5, 0.6) is 0 Å². The molecule has 0 N–H and O–H groups in total. The highest BCUT2D eigenvalue weighted by Gasteiger charge is 2.32. The normalized spacial score (nSPS) is 13.0. The highest BCUT2D eigenvalue weighted by Crippen LogP contribution is 2.35. The minimum atomic E-state index is -0.451. The Hall–Kier alpha value is -9.21. The number of aryl methyl sites for hydroxylation is 6. The van der Waals surface area contributed by atoms with Gasteiger partial charge in [0.2, 0.25) is 20.4 Å². The van der Waals surface area contributed by atoms with Crippen molar-refractivity contribution in [1.82, 2.24) is 29.3 Å². The number of nitrogens with zero attached hydrogens (tertiary/aromatic N) is 9. The first-order valence-corrected chi connectivity index (χ1v) is 29.4. The maximum atomic E-state index is 11.9. The van der Waals surface area contributed by atoms with E-state index < -0.39 is 5.97 Å². The van der Waals surface area contributed by atoms with Gasteiger partial charge in [0, 0.05) is 33.0 Å². The minimum absolute atomic E-state index is 0.00942. The molecule has 3 aromatic heterocycles. The van der Waals surface area contributed by atoms with E-state index in [1.165, 1.54) is 23.6 Å². The summed E-state index contributed by atoms with van der Waals surface area (Å²) in [4.78, 5) is 34.5. The van der Waals surface area contributed by atoms with Crippen molar-refractivity contribution in [3.63, 3.8) is 0 Å². The largest absolute Gasteiger partial charge is 0.454 e. The summed E-state index contributed by atoms with van der Waals surface area (Å²) < 4.78 is 38.1. The first kappa shape index (κ1) is 68.6. The average Bonchev–Trinajstić information content (AvgIpc) is 2.59. The summed E-state index contributed by atoms with van der Waals surface area (Å²) >= 11 is 0. The summed E-state index contributed by atoms with van der Waals surface area (Å²) in [6, 6.07) is 36.0. The standard InChI is InChI=1S/C24H29N3O3.C23H29N3O3.C22H27N3O3/c1-6-27-21(13-16(2)26-27)22(29-15-30-23(28)18-7-8-18)20(14-25)17-9-11-19(12-10-17)24(3,4)5;1-7-21(27)28-15-29-22(20-13-16(3)25-26(20)8-2)19(14-24)17-9-11-18(12-10-17)23(4,5)6;1-7-25-20(12-15(2)24-25)21(28-14-27-16(3)26)19(13-23)17-8-10-18(11-9-17)22(4,5)6/h9-13,18H,6-8,15H2,1-5H3;9-13H,7-8,15H2,1-6H3;8-12H,7,14H2,1-6H3/b22-20-;22-19-;21-19-. The van der Waals surface area contributed by atoms with E-state index in [-0.39, 0.29) is 60.9 Å². The number of ether oxygens (including phenoxy) is 6. The Morgan fingerprint density at radius 2 is 0.759 bits per heavy atom. The second kappa shape index (κ2) is 30.7. The van der Waals surface area contributed by atoms with Crippen LogP contribution in [0.2, 0.25) is 0 Å². The molecule has 0 aliphatic heterocycles. The molecule has 3 aromatic carbocycles. The molecule has 0 saturated heterocycles. The van der Waals surface area contributed by atoms with Crippen molar-refractivity contribution < 1.29 is 42.8 Å². The van der Waals surface area contributed by atoms with Gasteiger partial charge in [-0.1, -0.05) is 142 Å². The van der Waals surface area contributed by atoms with Gasteiger partial charge in [-0.2, -0.15) is 31.1 Å². The van der Waals surface area contributed by atoms with Gasteiger partial charge in [0.05, 0.1) is 23.0 Å². The van der Waals surface area contributed by atoms with E-state index >= 15 is 0 Å². The van der Waals surface area contributed by atoms with Crippen LogP contribution in [0.25, 0.3) is 34.0 Å². The Labute approximate surface area is 513 Å². The summed E-state index contributed by atoms with van der Waals surface area (Å²) in [7, 11) is 0. The molecule has 1 saturated carbocycles. The summed E-state index contributed by atoms with van der Waals surface area (Å²) in [6.07, 6.45) is 1.99. The van der Waals surface area contributed by atoms with E-state index in [0.717, 1.165) is 46.6 Å². The van der Waals surface area contributed by atoms with Gasteiger partial charge in [-0.25, -0.2) is 0 Å². The van der Waals surface area contributed by atoms with Crippen molar-refractivity contribution in [3.05, 3.63) is 159 Å². The summed E-state index contributed by atoms with van der Waals surface area (Å²) in [5.41, 5.74) is 11.4. The fourth-order valence-electron chi connectivity index (χ4n) is 8.89. The predicted octanol–water partition coefficient (Wildman–Crippen LogP) is 14.1. The number of rotatable bonds is 20. The number of nitriles is 3. The lowest BCUT2D eigenvalue weighted by Crippen LogP contribution is -2.12. The quantitative estimate of drug-likeness (QED) is 0.0227. The van der Waals surface area contributed by atoms with Crippen molar-refractivity contribution in [3.8, 4) is 18.2 Å². The predicted molar refractivity (Wildman–Crippen MR) is 335 cm³/mol. The van der Waals surface area contributed by atoms with Crippen LogP contribution in [0.15, 0.2) is 91.0 Å². The molecule has 18 nitrogen and oxygen atoms in total. The third-order valence-electron chi connectivity index (χ3n) is 13.9. The van der Waals surface area contributed by atoms with Crippen LogP contribution in [0.1, 0.15) is 184 Å². The maximum Gasteiger partial charge on any atom is 0.311 e. The fourth-order valence-corrected chi connectivity index (χ4v) is 8.89. The summed E-state index contributed by atoms with van der Waals surface area (Å²) in [5, 5.41) is 43.2. The first-order valence-electron chi connectivity index (χ1n) is 29.4. The molecule has 460 valence electrons. The molecule has 0 atom stereocenters. The Morgan fingerprint density at radius 1 is 0.471 bits per heavy atom. The van der Waals surface area contributed by atoms with Crippen molar-refractivity contribution >= 4 is 51.9 Å². The van der Waals surface area contributed by atoms with Crippen molar-refractivity contribution in [1.29, 1.82) is 15.8 Å². The van der Waals surface area contributed by atoms with E-state index in [0.29, 0.717) is 70.7 Å². The molecule has 3 heterocycles. The molecule has 6 aromatic rings. The van der Waals surface area contributed by atoms with Crippen LogP contribution in [0, 0.1) is 60.7 Å². The second-order valence-electron chi connectivity index (χ2n) is 23.9. The minimum Gasteiger partial charge on any atom is -0.454 e. The number of esters is 3. The van der Waals surface area contributed by atoms with Crippen molar-refractivity contribution in [2.24, 2.45) is 5.92 Å². The lowest BCUT2D eigenvalue weighted by molar-refractivity contribution is -0.153. The fraction of sp³-hybridized carbons (Fsp3) is 0.435. The average molecular weight is 1180 g/mol. The van der Waals surface area contributed by atoms with Gasteiger partial charge in [0.15, 0.2) is 17.3 Å². The van der Waals surface area contributed by atoms with Gasteiger partial charge in [0.1, 0.15) is 52.0 Å². The van der Waals surface area contributed by atoms with Crippen molar-refractivity contribution in [2.75, 3.05) is 20.4 Å². The molecular formula is C69H85N9O9. The number of carbonyl (C=O) groups excluding carboxylic acids is 3. The number of hydrogen-bond acceptors (Lipinski definition) is 15. The van der Waals surface area contributed by atoms with Crippen molar-refractivity contribution in [2.45, 2.75) is 173 Å². The molecule has 7 rings (SSSR count). The Morgan fingerprint density at radius 3 is 1.00 bits per heavy atom. The lowest BCUT2D eigenvalue weighted by atomic mass is 9.86. The van der Waals surface area contributed by atoms with Gasteiger partial charge >= 0.3 is 17.9 Å². The molecule has 0 radical (unpaired) electrons. The van der Waals surface area contributed by atoms with Crippen LogP contribution in [-0.2, 0) is 78.7 Å². The summed E-state index contributed by atoms with van der Waals surface area (Å²) in [6.45, 7) is 35.0. The number of hydrogen-bond donors (Lipinski definition) is 0. The molecule has 0 spiro atoms. The molecule has 0 unspecified atom stereocenters. The number of aromatic nitrogens is 6. The zero-order chi connectivity index (χ0) is 64.4. The monoisotopic (exact) mass is 1180 g/mol. The van der Waals surface area contributed by atoms with Gasteiger partial charge < -0.3 is 28.4 Å². The molecular weight excluding hydrogens is 1100 g/mol. The Balaban J connectivity index is 0.000000238. The lowest BCUT2D eigenvalue weighted by Gasteiger charge is -2.19. The molecule has 1 aliphatic carbocycles. The smallest absolute Gasteiger partial charge is 0.311 e. The number of benzene rings is 3. The van der Waals surface area contributed by atoms with Crippen LogP contribution >= 0.6 is 0 Å². The molecule has 0 bridgehead atoms. The summed E-state index contributed by atoms with van der Waals surface area (Å²) in [5.74, 6) is -0.0124. The Kier molecular flexibility index (Phi) is 24.2. The zero-order valence-corrected chi connectivity index (χ0v) is 53.8. The third kappa shape index (κ3) is 19.1. The highest BCUT2D eigenvalue weighted by atomic mass is 16.7. The third-order valence-corrected chi connectivity index (χ3v) is 13.9. The van der Waals surface area contributed by atoms with Crippen LogP contribution in [0.3, 0.4) is 0 Å². The first-order chi connectivity index (χ1) is 41.1. The van der Waals surface area contributed by atoms with E-state index in [1.807, 2.05) is 133 Å². The van der Waals surface area contributed by atoms with E-state index in [4.69, 9.17) is 28.4 Å². The van der Waals surface area contributed by atoms with E-state index in [2.05, 4.69) is 95.8 Å². The van der Waals surface area contributed by atoms with E-state index in [1.54, 1.807) is 21.0 Å². The van der Waals surface area contributed by atoms with Crippen LogP contribution in [0.4, 0.5) is 0 Å². The van der Waals surface area contributed by atoms with Gasteiger partial charge in [-0.05, 0) is 122 Å². The van der Waals surface area contributed by atoms with Gasteiger partial charge in [-0.15, -0.1) is 0 Å². The number of carbonyl (C=O) groups is 3. The molecule has 1 aliphatic rings. The van der Waals surface area contributed by atoms with Crippen LogP contribution in [-0.4, -0.2) is 67.6 Å². The van der Waals surface area contributed by atoms with E-state index in [9.17, 15) is 30.2 Å². The maximum absolute atomic E-state index is 11.9. The molecule has 18 heteroatoms. The number of allylic oxidation sites excluding steroid dienone is 3. The second-order valence-corrected chi connectivity index (χ2v) is 23.9. The molecule has 1 fully saturated rings. The zero-order valence-electron chi connectivity index (χ0n) is 53.8. The van der Waals surface area contributed by atoms with Crippen LogP contribution < -0.4 is 0 Å². The molecule has 0 amide bonds. The SMILES string of the molecule is CCC(=O)OCO/C(=C(/C#N)c1ccc(C(C)(C)C)cc1)c1cc(C)nn1CC.CCn1nc(C)cc1/C(OCOC(=O)C1CC1)=C(\C#N)c1ccc(C(C)(C)C)cc1.CCn1nc(C)cc1/C(OCOC(C)=O)=C(\C#N)c1ccc(C(C)(C)C)cc1. The van der Waals surface area contributed by atoms with Gasteiger partial charge in [-0.3, -0.25) is 28.4 Å². The molecule has 87 heavy (non-hydrogen) atoms.